The number of nitrogens with one attached hydrogen (secondary N) is 1. The van der Waals surface area contributed by atoms with Crippen molar-refractivity contribution in [1.29, 1.82) is 0 Å². The fraction of sp³-hybridized carbons (Fsp3) is 0.467. The molecule has 110 valence electrons. The van der Waals surface area contributed by atoms with Crippen molar-refractivity contribution in [2.45, 2.75) is 27.3 Å². The average Bonchev–Trinajstić information content (AvgIpc) is 2.47. The number of rotatable bonds is 6. The van der Waals surface area contributed by atoms with Crippen LogP contribution in [0.5, 0.6) is 0 Å². The van der Waals surface area contributed by atoms with Crippen LogP contribution in [0.15, 0.2) is 29.3 Å². The lowest BCUT2D eigenvalue weighted by Crippen LogP contribution is -2.37. The fourth-order valence-electron chi connectivity index (χ4n) is 1.89. The number of carbonyl (C=O) groups excluding carboxylic acids is 1. The quantitative estimate of drug-likeness (QED) is 0.612. The third kappa shape index (κ3) is 4.57. The van der Waals surface area contributed by atoms with Gasteiger partial charge in [0.15, 0.2) is 5.96 Å². The highest BCUT2D eigenvalue weighted by molar-refractivity contribution is 5.94. The number of hydrogen-bond acceptors (Lipinski definition) is 2. The van der Waals surface area contributed by atoms with E-state index in [0.717, 1.165) is 18.7 Å². The molecular formula is C15H24N4O. The van der Waals surface area contributed by atoms with Crippen molar-refractivity contribution in [1.82, 2.24) is 10.2 Å². The summed E-state index contributed by atoms with van der Waals surface area (Å²) in [7, 11) is 0. The van der Waals surface area contributed by atoms with Crippen LogP contribution in [-0.4, -0.2) is 36.4 Å². The summed E-state index contributed by atoms with van der Waals surface area (Å²) in [6, 6.07) is 7.46. The van der Waals surface area contributed by atoms with E-state index in [9.17, 15) is 4.79 Å². The molecule has 0 aliphatic rings. The van der Waals surface area contributed by atoms with E-state index in [0.29, 0.717) is 24.6 Å². The second-order valence-electron chi connectivity index (χ2n) is 4.41. The summed E-state index contributed by atoms with van der Waals surface area (Å²) < 4.78 is 0. The molecule has 0 bridgehead atoms. The van der Waals surface area contributed by atoms with Crippen molar-refractivity contribution in [3.8, 4) is 0 Å². The van der Waals surface area contributed by atoms with Crippen LogP contribution >= 0.6 is 0 Å². The van der Waals surface area contributed by atoms with E-state index in [1.807, 2.05) is 43.9 Å². The highest BCUT2D eigenvalue weighted by Crippen LogP contribution is 2.07. The van der Waals surface area contributed by atoms with Gasteiger partial charge in [0.05, 0.1) is 6.54 Å². The zero-order valence-electron chi connectivity index (χ0n) is 12.5. The van der Waals surface area contributed by atoms with E-state index in [4.69, 9.17) is 5.73 Å². The summed E-state index contributed by atoms with van der Waals surface area (Å²) in [5.74, 6) is 0.480. The molecule has 0 aromatic heterocycles. The summed E-state index contributed by atoms with van der Waals surface area (Å²) >= 11 is 0. The van der Waals surface area contributed by atoms with Crippen molar-refractivity contribution in [2.24, 2.45) is 10.7 Å². The summed E-state index contributed by atoms with van der Waals surface area (Å²) in [6.45, 7) is 8.77. The van der Waals surface area contributed by atoms with Crippen LogP contribution in [0.4, 0.5) is 0 Å². The molecule has 1 amide bonds. The van der Waals surface area contributed by atoms with Gasteiger partial charge in [0.1, 0.15) is 0 Å². The molecule has 1 rings (SSSR count). The van der Waals surface area contributed by atoms with E-state index in [2.05, 4.69) is 10.3 Å². The summed E-state index contributed by atoms with van der Waals surface area (Å²) in [5.41, 5.74) is 7.56. The molecule has 5 heteroatoms. The van der Waals surface area contributed by atoms with Gasteiger partial charge >= 0.3 is 0 Å². The lowest BCUT2D eigenvalue weighted by Gasteiger charge is -2.19. The van der Waals surface area contributed by atoms with E-state index in [-0.39, 0.29) is 5.91 Å². The van der Waals surface area contributed by atoms with E-state index >= 15 is 0 Å². The molecule has 5 nitrogen and oxygen atoms in total. The Labute approximate surface area is 120 Å². The highest BCUT2D eigenvalue weighted by Gasteiger charge is 2.05. The Kier molecular flexibility index (Phi) is 6.56. The SMILES string of the molecule is CCNC(=O)c1cccc(CN=C(N)N(CC)CC)c1. The Morgan fingerprint density at radius 2 is 2.00 bits per heavy atom. The number of guanidine groups is 1. The first kappa shape index (κ1) is 16.0. The Morgan fingerprint density at radius 1 is 1.30 bits per heavy atom. The van der Waals surface area contributed by atoms with Crippen molar-refractivity contribution in [3.63, 3.8) is 0 Å². The molecule has 0 aliphatic carbocycles. The number of aliphatic imine (C=N–C) groups is 1. The van der Waals surface area contributed by atoms with Gasteiger partial charge < -0.3 is 16.0 Å². The first-order valence-electron chi connectivity index (χ1n) is 7.04. The molecule has 0 spiro atoms. The fourth-order valence-corrected chi connectivity index (χ4v) is 1.89. The minimum absolute atomic E-state index is 0.0601. The highest BCUT2D eigenvalue weighted by atomic mass is 16.1. The molecule has 0 radical (unpaired) electrons. The van der Waals surface area contributed by atoms with E-state index in [1.54, 1.807) is 6.07 Å². The summed E-state index contributed by atoms with van der Waals surface area (Å²) in [6.07, 6.45) is 0. The summed E-state index contributed by atoms with van der Waals surface area (Å²) in [5, 5.41) is 2.78. The number of hydrogen-bond donors (Lipinski definition) is 2. The average molecular weight is 276 g/mol. The van der Waals surface area contributed by atoms with E-state index in [1.165, 1.54) is 0 Å². The second kappa shape index (κ2) is 8.19. The van der Waals surface area contributed by atoms with Crippen molar-refractivity contribution < 1.29 is 4.79 Å². The first-order valence-corrected chi connectivity index (χ1v) is 7.04. The molecule has 0 atom stereocenters. The lowest BCUT2D eigenvalue weighted by atomic mass is 10.1. The van der Waals surface area contributed by atoms with Gasteiger partial charge in [0.2, 0.25) is 0 Å². The number of nitrogens with zero attached hydrogens (tertiary/aromatic N) is 2. The maximum atomic E-state index is 11.8. The largest absolute Gasteiger partial charge is 0.370 e. The van der Waals surface area contributed by atoms with Crippen LogP contribution in [0.25, 0.3) is 0 Å². The third-order valence-corrected chi connectivity index (χ3v) is 3.04. The molecule has 3 N–H and O–H groups in total. The van der Waals surface area contributed by atoms with Gasteiger partial charge in [-0.05, 0) is 38.5 Å². The zero-order valence-corrected chi connectivity index (χ0v) is 12.5. The van der Waals surface area contributed by atoms with Crippen LogP contribution in [0.2, 0.25) is 0 Å². The molecule has 0 unspecified atom stereocenters. The van der Waals surface area contributed by atoms with Gasteiger partial charge in [-0.3, -0.25) is 4.79 Å². The third-order valence-electron chi connectivity index (χ3n) is 3.04. The van der Waals surface area contributed by atoms with Gasteiger partial charge in [0, 0.05) is 25.2 Å². The first-order chi connectivity index (χ1) is 9.62. The van der Waals surface area contributed by atoms with Crippen LogP contribution in [-0.2, 0) is 6.54 Å². The maximum absolute atomic E-state index is 11.8. The standard InChI is InChI=1S/C15H24N4O/c1-4-17-14(20)13-9-7-8-12(10-13)11-18-15(16)19(5-2)6-3/h7-10H,4-6,11H2,1-3H3,(H2,16,18)(H,17,20). The molecule has 1 aromatic rings. The molecular weight excluding hydrogens is 252 g/mol. The Balaban J connectivity index is 2.76. The molecule has 0 saturated carbocycles. The van der Waals surface area contributed by atoms with Crippen LogP contribution < -0.4 is 11.1 Å². The number of nitrogens with two attached hydrogens (primary N) is 1. The van der Waals surface area contributed by atoms with Gasteiger partial charge in [0.25, 0.3) is 5.91 Å². The zero-order chi connectivity index (χ0) is 15.0. The predicted octanol–water partition coefficient (Wildman–Crippen LogP) is 1.59. The molecule has 20 heavy (non-hydrogen) atoms. The van der Waals surface area contributed by atoms with Gasteiger partial charge in [-0.1, -0.05) is 12.1 Å². The van der Waals surface area contributed by atoms with E-state index < -0.39 is 0 Å². The topological polar surface area (TPSA) is 70.7 Å². The molecule has 0 saturated heterocycles. The predicted molar refractivity (Wildman–Crippen MR) is 82.7 cm³/mol. The Morgan fingerprint density at radius 3 is 2.60 bits per heavy atom. The Hall–Kier alpha value is -2.04. The minimum atomic E-state index is -0.0601. The summed E-state index contributed by atoms with van der Waals surface area (Å²) in [4.78, 5) is 18.1. The monoisotopic (exact) mass is 276 g/mol. The van der Waals surface area contributed by atoms with Gasteiger partial charge in [-0.15, -0.1) is 0 Å². The molecule has 1 aromatic carbocycles. The molecule has 0 fully saturated rings. The van der Waals surface area contributed by atoms with Crippen LogP contribution in [0.1, 0.15) is 36.7 Å². The second-order valence-corrected chi connectivity index (χ2v) is 4.41. The van der Waals surface area contributed by atoms with Gasteiger partial charge in [-0.2, -0.15) is 0 Å². The number of benzene rings is 1. The van der Waals surface area contributed by atoms with Crippen molar-refractivity contribution in [2.75, 3.05) is 19.6 Å². The normalized spacial score (nSPS) is 11.2. The molecule has 0 aliphatic heterocycles. The maximum Gasteiger partial charge on any atom is 0.251 e. The Bertz CT molecular complexity index is 467. The smallest absolute Gasteiger partial charge is 0.251 e. The lowest BCUT2D eigenvalue weighted by molar-refractivity contribution is 0.0955. The van der Waals surface area contributed by atoms with Crippen LogP contribution in [0, 0.1) is 0 Å². The van der Waals surface area contributed by atoms with Crippen LogP contribution in [0.3, 0.4) is 0 Å². The van der Waals surface area contributed by atoms with Crippen molar-refractivity contribution >= 4 is 11.9 Å². The number of carbonyl (C=O) groups is 1. The molecule has 0 heterocycles. The minimum Gasteiger partial charge on any atom is -0.370 e. The van der Waals surface area contributed by atoms with Crippen molar-refractivity contribution in [3.05, 3.63) is 35.4 Å². The number of amides is 1. The van der Waals surface area contributed by atoms with Gasteiger partial charge in [-0.25, -0.2) is 4.99 Å².